The number of ketones is 1. The van der Waals surface area contributed by atoms with Crippen molar-refractivity contribution in [1.82, 2.24) is 14.8 Å². The fraction of sp³-hybridized carbons (Fsp3) is 0.286. The zero-order chi connectivity index (χ0) is 20.4. The monoisotopic (exact) mass is 429 g/mol. The van der Waals surface area contributed by atoms with Gasteiger partial charge in [0.05, 0.1) is 15.4 Å². The summed E-state index contributed by atoms with van der Waals surface area (Å²) in [5, 5.41) is 2.92. The van der Waals surface area contributed by atoms with E-state index in [4.69, 9.17) is 0 Å². The van der Waals surface area contributed by atoms with Gasteiger partial charge in [0.15, 0.2) is 5.78 Å². The van der Waals surface area contributed by atoms with Gasteiger partial charge in [0.1, 0.15) is 10.8 Å². The first-order valence-electron chi connectivity index (χ1n) is 9.32. The van der Waals surface area contributed by atoms with Gasteiger partial charge in [-0.25, -0.2) is 9.37 Å². The number of nitrogens with zero attached hydrogens (tertiary/aromatic N) is 3. The van der Waals surface area contributed by atoms with E-state index in [0.29, 0.717) is 22.8 Å². The smallest absolute Gasteiger partial charge is 0.264 e. The molecular formula is C21H20FN3O2S2. The molecule has 1 amide bonds. The number of hydrogen-bond donors (Lipinski definition) is 0. The van der Waals surface area contributed by atoms with E-state index in [1.807, 2.05) is 10.3 Å². The molecule has 3 heterocycles. The molecule has 0 aliphatic carbocycles. The van der Waals surface area contributed by atoms with Gasteiger partial charge >= 0.3 is 0 Å². The quantitative estimate of drug-likeness (QED) is 0.571. The summed E-state index contributed by atoms with van der Waals surface area (Å²) in [4.78, 5) is 34.1. The molecule has 0 saturated carbocycles. The Kier molecular flexibility index (Phi) is 5.84. The van der Waals surface area contributed by atoms with E-state index in [9.17, 15) is 14.0 Å². The molecule has 0 radical (unpaired) electrons. The lowest BCUT2D eigenvalue weighted by Crippen LogP contribution is -2.48. The van der Waals surface area contributed by atoms with Crippen LogP contribution < -0.4 is 0 Å². The summed E-state index contributed by atoms with van der Waals surface area (Å²) in [6.45, 7) is 5.11. The van der Waals surface area contributed by atoms with Crippen LogP contribution in [0.2, 0.25) is 0 Å². The van der Waals surface area contributed by atoms with Crippen molar-refractivity contribution in [3.8, 4) is 10.6 Å². The highest BCUT2D eigenvalue weighted by molar-refractivity contribution is 7.16. The first-order chi connectivity index (χ1) is 14.0. The fourth-order valence-electron chi connectivity index (χ4n) is 3.24. The van der Waals surface area contributed by atoms with Crippen LogP contribution in [0.3, 0.4) is 0 Å². The topological polar surface area (TPSA) is 53.5 Å². The van der Waals surface area contributed by atoms with E-state index in [1.165, 1.54) is 30.4 Å². The molecule has 1 saturated heterocycles. The first-order valence-corrected chi connectivity index (χ1v) is 11.0. The maximum absolute atomic E-state index is 13.1. The van der Waals surface area contributed by atoms with Gasteiger partial charge in [0.25, 0.3) is 5.91 Å². The largest absolute Gasteiger partial charge is 0.335 e. The fourth-order valence-corrected chi connectivity index (χ4v) is 4.93. The van der Waals surface area contributed by atoms with Gasteiger partial charge < -0.3 is 4.90 Å². The third-order valence-corrected chi connectivity index (χ3v) is 6.97. The third-order valence-electron chi connectivity index (χ3n) is 4.85. The molecule has 29 heavy (non-hydrogen) atoms. The molecule has 8 heteroatoms. The van der Waals surface area contributed by atoms with Crippen molar-refractivity contribution < 1.29 is 14.0 Å². The molecule has 150 valence electrons. The molecule has 5 nitrogen and oxygen atoms in total. The number of piperazine rings is 1. The number of rotatable bonds is 5. The number of amides is 1. The normalized spacial score (nSPS) is 14.9. The highest BCUT2D eigenvalue weighted by atomic mass is 32.1. The molecule has 1 aliphatic rings. The Morgan fingerprint density at radius 1 is 1.03 bits per heavy atom. The lowest BCUT2D eigenvalue weighted by molar-refractivity contribution is 0.0632. The zero-order valence-electron chi connectivity index (χ0n) is 15.9. The second kappa shape index (κ2) is 8.52. The average molecular weight is 430 g/mol. The van der Waals surface area contributed by atoms with Crippen molar-refractivity contribution >= 4 is 34.4 Å². The number of carbonyl (C=O) groups excluding carboxylic acids is 2. The molecular weight excluding hydrogens is 409 g/mol. The minimum atomic E-state index is -0.252. The van der Waals surface area contributed by atoms with E-state index in [1.54, 1.807) is 35.6 Å². The van der Waals surface area contributed by atoms with Crippen molar-refractivity contribution in [2.45, 2.75) is 13.5 Å². The molecule has 0 bridgehead atoms. The van der Waals surface area contributed by atoms with Gasteiger partial charge in [-0.3, -0.25) is 14.5 Å². The summed E-state index contributed by atoms with van der Waals surface area (Å²) in [6.07, 6.45) is 0. The van der Waals surface area contributed by atoms with Crippen molar-refractivity contribution in [3.05, 3.63) is 63.0 Å². The molecule has 1 aromatic carbocycles. The molecule has 3 aromatic rings. The summed E-state index contributed by atoms with van der Waals surface area (Å²) in [6, 6.07) is 9.83. The van der Waals surface area contributed by atoms with Crippen LogP contribution in [0.4, 0.5) is 4.39 Å². The van der Waals surface area contributed by atoms with Gasteiger partial charge in [-0.2, -0.15) is 0 Å². The van der Waals surface area contributed by atoms with Crippen molar-refractivity contribution in [2.24, 2.45) is 0 Å². The van der Waals surface area contributed by atoms with Gasteiger partial charge in [-0.05, 0) is 43.3 Å². The van der Waals surface area contributed by atoms with Crippen LogP contribution in [0.25, 0.3) is 10.6 Å². The van der Waals surface area contributed by atoms with E-state index >= 15 is 0 Å². The van der Waals surface area contributed by atoms with Gasteiger partial charge in [-0.1, -0.05) is 0 Å². The SMILES string of the molecule is CC(=O)c1ccc(C(=O)N2CCN(Cc3csc(-c4ccc(F)cc4)n3)CC2)s1. The predicted molar refractivity (Wildman–Crippen MR) is 113 cm³/mol. The number of Topliss-reactive ketones (excluding diaryl/α,β-unsaturated/α-hetero) is 1. The standard InChI is InChI=1S/C21H20FN3O2S2/c1-14(26)18-6-7-19(29-18)21(27)25-10-8-24(9-11-25)12-17-13-28-20(23-17)15-2-4-16(22)5-3-15/h2-7,13H,8-12H2,1H3. The van der Waals surface area contributed by atoms with Crippen LogP contribution in [0, 0.1) is 5.82 Å². The molecule has 0 atom stereocenters. The number of halogens is 1. The number of hydrogen-bond acceptors (Lipinski definition) is 6. The number of benzene rings is 1. The van der Waals surface area contributed by atoms with E-state index in [2.05, 4.69) is 9.88 Å². The summed E-state index contributed by atoms with van der Waals surface area (Å²) >= 11 is 2.81. The Morgan fingerprint density at radius 2 is 1.72 bits per heavy atom. The van der Waals surface area contributed by atoms with Crippen LogP contribution in [0.1, 0.15) is 32.0 Å². The second-order valence-corrected chi connectivity index (χ2v) is 8.88. The molecule has 0 unspecified atom stereocenters. The number of aromatic nitrogens is 1. The van der Waals surface area contributed by atoms with Crippen LogP contribution in [0.15, 0.2) is 41.8 Å². The Hall–Kier alpha value is -2.42. The lowest BCUT2D eigenvalue weighted by atomic mass is 10.2. The molecule has 4 rings (SSSR count). The summed E-state index contributed by atoms with van der Waals surface area (Å²) in [7, 11) is 0. The van der Waals surface area contributed by atoms with E-state index in [0.717, 1.165) is 35.9 Å². The van der Waals surface area contributed by atoms with Crippen molar-refractivity contribution in [3.63, 3.8) is 0 Å². The molecule has 1 fully saturated rings. The minimum Gasteiger partial charge on any atom is -0.335 e. The first kappa shape index (κ1) is 19.9. The second-order valence-electron chi connectivity index (χ2n) is 6.94. The van der Waals surface area contributed by atoms with Crippen molar-refractivity contribution in [1.29, 1.82) is 0 Å². The Bertz CT molecular complexity index is 1020. The summed E-state index contributed by atoms with van der Waals surface area (Å²) < 4.78 is 13.1. The maximum atomic E-state index is 13.1. The zero-order valence-corrected chi connectivity index (χ0v) is 17.6. The molecule has 0 spiro atoms. The number of thiazole rings is 1. The Morgan fingerprint density at radius 3 is 2.38 bits per heavy atom. The van der Waals surface area contributed by atoms with Gasteiger partial charge in [-0.15, -0.1) is 22.7 Å². The van der Waals surface area contributed by atoms with Crippen LogP contribution in [0.5, 0.6) is 0 Å². The van der Waals surface area contributed by atoms with Crippen molar-refractivity contribution in [2.75, 3.05) is 26.2 Å². The Labute approximate surface area is 176 Å². The van der Waals surface area contributed by atoms with Crippen LogP contribution in [-0.2, 0) is 6.54 Å². The summed E-state index contributed by atoms with van der Waals surface area (Å²) in [5.74, 6) is -0.269. The summed E-state index contributed by atoms with van der Waals surface area (Å²) in [5.41, 5.74) is 1.90. The predicted octanol–water partition coefficient (Wildman–Crippen LogP) is 4.17. The Balaban J connectivity index is 1.32. The van der Waals surface area contributed by atoms with Gasteiger partial charge in [0.2, 0.25) is 0 Å². The van der Waals surface area contributed by atoms with E-state index in [-0.39, 0.29) is 17.5 Å². The third kappa shape index (κ3) is 4.60. The van der Waals surface area contributed by atoms with Crippen LogP contribution in [-0.4, -0.2) is 52.7 Å². The van der Waals surface area contributed by atoms with E-state index < -0.39 is 0 Å². The highest BCUT2D eigenvalue weighted by Crippen LogP contribution is 2.25. The highest BCUT2D eigenvalue weighted by Gasteiger charge is 2.24. The van der Waals surface area contributed by atoms with Gasteiger partial charge in [0, 0.05) is 43.7 Å². The molecule has 0 N–H and O–H groups in total. The van der Waals surface area contributed by atoms with Crippen LogP contribution >= 0.6 is 22.7 Å². The maximum Gasteiger partial charge on any atom is 0.264 e. The number of carbonyl (C=O) groups is 2. The lowest BCUT2D eigenvalue weighted by Gasteiger charge is -2.34. The molecule has 1 aliphatic heterocycles. The number of thiophene rings is 1. The minimum absolute atomic E-state index is 0.00518. The average Bonchev–Trinajstić information content (AvgIpc) is 3.39. The molecule has 2 aromatic heterocycles.